The van der Waals surface area contributed by atoms with Crippen molar-refractivity contribution in [2.75, 3.05) is 13.2 Å². The minimum absolute atomic E-state index is 0.00581. The van der Waals surface area contributed by atoms with Crippen molar-refractivity contribution in [2.45, 2.75) is 0 Å². The van der Waals surface area contributed by atoms with Crippen molar-refractivity contribution in [3.05, 3.63) is 131 Å². The van der Waals surface area contributed by atoms with Crippen molar-refractivity contribution in [1.29, 1.82) is 0 Å². The Kier molecular flexibility index (Phi) is 8.95. The van der Waals surface area contributed by atoms with Gasteiger partial charge in [0.2, 0.25) is 0 Å². The smallest absolute Gasteiger partial charge is 0.195 e. The average Bonchev–Trinajstić information content (AvgIpc) is 2.89. The molecule has 0 fully saturated rings. The van der Waals surface area contributed by atoms with E-state index < -0.39 is 23.2 Å². The quantitative estimate of drug-likeness (QED) is 0.359. The van der Waals surface area contributed by atoms with Crippen LogP contribution < -0.4 is 4.74 Å². The number of ether oxygens (including phenoxy) is 1. The molecule has 0 radical (unpaired) electrons. The molecule has 2 N–H and O–H groups in total. The van der Waals surface area contributed by atoms with E-state index in [0.29, 0.717) is 22.6 Å². The highest BCUT2D eigenvalue weighted by Crippen LogP contribution is 2.24. The molecule has 35 heavy (non-hydrogen) atoms. The first kappa shape index (κ1) is 25.4. The lowest BCUT2D eigenvalue weighted by Crippen LogP contribution is -2.04. The molecule has 0 bridgehead atoms. The minimum atomic E-state index is -0.571. The number of ketones is 2. The molecule has 4 rings (SSSR count). The van der Waals surface area contributed by atoms with Crippen molar-refractivity contribution < 1.29 is 33.3 Å². The zero-order valence-electron chi connectivity index (χ0n) is 18.5. The molecular formula is C28H22F2O5. The number of hydrogen-bond donors (Lipinski definition) is 2. The SMILES string of the molecule is O=C(c1ccc(Oc2ccc(C(=O)c3ccccc3F)cc2)cc1)c1ccccc1F.OCCO. The average molecular weight is 476 g/mol. The molecule has 0 unspecified atom stereocenters. The first-order chi connectivity index (χ1) is 16.9. The summed E-state index contributed by atoms with van der Waals surface area (Å²) in [6, 6.07) is 24.3. The van der Waals surface area contributed by atoms with Gasteiger partial charge in [0, 0.05) is 11.1 Å². The van der Waals surface area contributed by atoms with Gasteiger partial charge in [-0.3, -0.25) is 9.59 Å². The van der Waals surface area contributed by atoms with Gasteiger partial charge >= 0.3 is 0 Å². The fourth-order valence-corrected chi connectivity index (χ4v) is 3.09. The Balaban J connectivity index is 0.000000795. The number of carbonyl (C=O) groups is 2. The minimum Gasteiger partial charge on any atom is -0.457 e. The summed E-state index contributed by atoms with van der Waals surface area (Å²) in [5, 5.41) is 15.2. The molecule has 5 nitrogen and oxygen atoms in total. The number of hydrogen-bond acceptors (Lipinski definition) is 5. The monoisotopic (exact) mass is 476 g/mol. The van der Waals surface area contributed by atoms with E-state index in [-0.39, 0.29) is 24.3 Å². The molecule has 0 saturated carbocycles. The van der Waals surface area contributed by atoms with Gasteiger partial charge in [0.15, 0.2) is 11.6 Å². The van der Waals surface area contributed by atoms with E-state index in [4.69, 9.17) is 14.9 Å². The second kappa shape index (κ2) is 12.3. The van der Waals surface area contributed by atoms with Gasteiger partial charge < -0.3 is 14.9 Å². The van der Waals surface area contributed by atoms with Gasteiger partial charge in [-0.25, -0.2) is 8.78 Å². The molecule has 0 atom stereocenters. The molecule has 0 spiro atoms. The van der Waals surface area contributed by atoms with Crippen LogP contribution in [0.15, 0.2) is 97.1 Å². The summed E-state index contributed by atoms with van der Waals surface area (Å²) in [5.74, 6) is -1.03. The zero-order chi connectivity index (χ0) is 25.2. The molecule has 0 aromatic heterocycles. The Labute approximate surface area is 200 Å². The van der Waals surface area contributed by atoms with Crippen LogP contribution in [0.2, 0.25) is 0 Å². The van der Waals surface area contributed by atoms with Crippen LogP contribution in [0.1, 0.15) is 31.8 Å². The van der Waals surface area contributed by atoms with E-state index >= 15 is 0 Å². The number of rotatable bonds is 7. The standard InChI is InChI=1S/C26H16F2O3.C2H6O2/c27-23-7-3-1-5-21(23)25(29)17-9-13-19(14-10-17)31-20-15-11-18(12-16-20)26(30)22-6-2-4-8-24(22)28;3-1-2-4/h1-16H;3-4H,1-2H2. The molecule has 7 heteroatoms. The third kappa shape index (κ3) is 6.66. The molecule has 0 aliphatic heterocycles. The second-order valence-electron chi connectivity index (χ2n) is 7.22. The zero-order valence-corrected chi connectivity index (χ0v) is 18.5. The van der Waals surface area contributed by atoms with E-state index in [9.17, 15) is 18.4 Å². The summed E-state index contributed by atoms with van der Waals surface area (Å²) in [6.45, 7) is -0.250. The van der Waals surface area contributed by atoms with Crippen LogP contribution in [0.4, 0.5) is 8.78 Å². The predicted molar refractivity (Wildman–Crippen MR) is 127 cm³/mol. The number of aliphatic hydroxyl groups excluding tert-OH is 2. The second-order valence-corrected chi connectivity index (χ2v) is 7.22. The van der Waals surface area contributed by atoms with Crippen molar-refractivity contribution in [2.24, 2.45) is 0 Å². The van der Waals surface area contributed by atoms with E-state index in [1.165, 1.54) is 36.4 Å². The van der Waals surface area contributed by atoms with Gasteiger partial charge in [0.05, 0.1) is 24.3 Å². The Morgan fingerprint density at radius 2 is 0.914 bits per heavy atom. The fourth-order valence-electron chi connectivity index (χ4n) is 3.09. The highest BCUT2D eigenvalue weighted by molar-refractivity contribution is 6.09. The molecule has 0 aliphatic rings. The van der Waals surface area contributed by atoms with Crippen LogP contribution >= 0.6 is 0 Å². The summed E-state index contributed by atoms with van der Waals surface area (Å²) in [4.78, 5) is 24.9. The van der Waals surface area contributed by atoms with Crippen molar-refractivity contribution in [3.63, 3.8) is 0 Å². The first-order valence-electron chi connectivity index (χ1n) is 10.6. The highest BCUT2D eigenvalue weighted by Gasteiger charge is 2.15. The number of halogens is 2. The van der Waals surface area contributed by atoms with E-state index in [1.54, 1.807) is 60.7 Å². The van der Waals surface area contributed by atoms with Crippen LogP contribution in [0.25, 0.3) is 0 Å². The maximum Gasteiger partial charge on any atom is 0.195 e. The van der Waals surface area contributed by atoms with Crippen LogP contribution in [-0.2, 0) is 0 Å². The lowest BCUT2D eigenvalue weighted by atomic mass is 10.0. The largest absolute Gasteiger partial charge is 0.457 e. The number of aliphatic hydroxyl groups is 2. The molecule has 0 saturated heterocycles. The van der Waals surface area contributed by atoms with Crippen LogP contribution in [0.5, 0.6) is 11.5 Å². The molecule has 0 heterocycles. The van der Waals surface area contributed by atoms with Gasteiger partial charge in [0.25, 0.3) is 0 Å². The first-order valence-corrected chi connectivity index (χ1v) is 10.6. The van der Waals surface area contributed by atoms with Crippen LogP contribution in [0, 0.1) is 11.6 Å². The Morgan fingerprint density at radius 3 is 1.23 bits per heavy atom. The molecule has 4 aromatic rings. The van der Waals surface area contributed by atoms with Crippen LogP contribution in [0.3, 0.4) is 0 Å². The maximum absolute atomic E-state index is 13.8. The lowest BCUT2D eigenvalue weighted by Gasteiger charge is -2.08. The summed E-state index contributed by atoms with van der Waals surface area (Å²) in [5.41, 5.74) is 0.684. The lowest BCUT2D eigenvalue weighted by molar-refractivity contribution is 0.102. The predicted octanol–water partition coefficient (Wildman–Crippen LogP) is 5.19. The summed E-state index contributed by atoms with van der Waals surface area (Å²) in [6.07, 6.45) is 0. The normalized spacial score (nSPS) is 10.2. The van der Waals surface area contributed by atoms with E-state index in [1.807, 2.05) is 0 Å². The number of benzene rings is 4. The molecular weight excluding hydrogens is 454 g/mol. The van der Waals surface area contributed by atoms with Gasteiger partial charge in [-0.1, -0.05) is 24.3 Å². The fraction of sp³-hybridized carbons (Fsp3) is 0.0714. The molecule has 0 aliphatic carbocycles. The summed E-state index contributed by atoms with van der Waals surface area (Å²) in [7, 11) is 0. The third-order valence-corrected chi connectivity index (χ3v) is 4.81. The Hall–Kier alpha value is -4.20. The van der Waals surface area contributed by atoms with Crippen molar-refractivity contribution in [3.8, 4) is 11.5 Å². The van der Waals surface area contributed by atoms with Gasteiger partial charge in [-0.05, 0) is 72.8 Å². The third-order valence-electron chi connectivity index (χ3n) is 4.81. The van der Waals surface area contributed by atoms with Gasteiger partial charge in [0.1, 0.15) is 23.1 Å². The maximum atomic E-state index is 13.8. The summed E-state index contributed by atoms with van der Waals surface area (Å²) >= 11 is 0. The summed E-state index contributed by atoms with van der Waals surface area (Å²) < 4.78 is 33.4. The molecule has 0 amide bonds. The van der Waals surface area contributed by atoms with Crippen LogP contribution in [-0.4, -0.2) is 35.0 Å². The van der Waals surface area contributed by atoms with Crippen molar-refractivity contribution in [1.82, 2.24) is 0 Å². The topological polar surface area (TPSA) is 83.8 Å². The Morgan fingerprint density at radius 1 is 0.571 bits per heavy atom. The van der Waals surface area contributed by atoms with E-state index in [2.05, 4.69) is 0 Å². The number of carbonyl (C=O) groups excluding carboxylic acids is 2. The van der Waals surface area contributed by atoms with Crippen molar-refractivity contribution >= 4 is 11.6 Å². The van der Waals surface area contributed by atoms with Gasteiger partial charge in [-0.15, -0.1) is 0 Å². The molecule has 178 valence electrons. The highest BCUT2D eigenvalue weighted by atomic mass is 19.1. The molecule has 4 aromatic carbocycles. The Bertz CT molecular complexity index is 1180. The van der Waals surface area contributed by atoms with Gasteiger partial charge in [-0.2, -0.15) is 0 Å². The van der Waals surface area contributed by atoms with E-state index in [0.717, 1.165) is 0 Å².